The van der Waals surface area contributed by atoms with E-state index in [9.17, 15) is 4.79 Å². The van der Waals surface area contributed by atoms with Gasteiger partial charge in [-0.2, -0.15) is 0 Å². The summed E-state index contributed by atoms with van der Waals surface area (Å²) in [5.74, 6) is -0.0508. The lowest BCUT2D eigenvalue weighted by Gasteiger charge is -2.36. The topological polar surface area (TPSA) is 41.6 Å². The lowest BCUT2D eigenvalue weighted by Crippen LogP contribution is -2.39. The highest BCUT2D eigenvalue weighted by Gasteiger charge is 2.24. The molecule has 1 heterocycles. The van der Waals surface area contributed by atoms with Crippen molar-refractivity contribution in [2.45, 2.75) is 12.6 Å². The average Bonchev–Trinajstić information content (AvgIpc) is 2.63. The quantitative estimate of drug-likeness (QED) is 0.944. The minimum atomic E-state index is -0.0508. The molecule has 4 nitrogen and oxygen atoms in total. The summed E-state index contributed by atoms with van der Waals surface area (Å²) in [5, 5.41) is 2.64. The Kier molecular flexibility index (Phi) is 5.05. The van der Waals surface area contributed by atoms with Crippen LogP contribution < -0.4 is 5.32 Å². The minimum absolute atomic E-state index is 0.0508. The molecule has 0 aliphatic carbocycles. The molecule has 1 saturated heterocycles. The van der Waals surface area contributed by atoms with Crippen LogP contribution in [0.1, 0.15) is 27.5 Å². The smallest absolute Gasteiger partial charge is 0.251 e. The van der Waals surface area contributed by atoms with Gasteiger partial charge in [-0.05, 0) is 23.3 Å². The lowest BCUT2D eigenvalue weighted by atomic mass is 10.0. The van der Waals surface area contributed by atoms with Gasteiger partial charge in [0.1, 0.15) is 0 Å². The van der Waals surface area contributed by atoms with Crippen molar-refractivity contribution >= 4 is 5.91 Å². The van der Waals surface area contributed by atoms with Crippen LogP contribution in [-0.2, 0) is 11.3 Å². The number of benzene rings is 2. The molecule has 0 unspecified atom stereocenters. The normalized spacial score (nSPS) is 18.6. The Morgan fingerprint density at radius 2 is 1.91 bits per heavy atom. The van der Waals surface area contributed by atoms with Gasteiger partial charge >= 0.3 is 0 Å². The Labute approximate surface area is 137 Å². The molecule has 3 rings (SSSR count). The molecule has 0 radical (unpaired) electrons. The van der Waals surface area contributed by atoms with E-state index in [1.807, 2.05) is 30.3 Å². The number of amides is 1. The van der Waals surface area contributed by atoms with E-state index in [0.29, 0.717) is 5.56 Å². The van der Waals surface area contributed by atoms with Crippen molar-refractivity contribution < 1.29 is 9.53 Å². The maximum absolute atomic E-state index is 11.6. The summed E-state index contributed by atoms with van der Waals surface area (Å²) in [4.78, 5) is 14.1. The van der Waals surface area contributed by atoms with Gasteiger partial charge in [-0.1, -0.05) is 42.5 Å². The minimum Gasteiger partial charge on any atom is -0.378 e. The van der Waals surface area contributed by atoms with Crippen molar-refractivity contribution in [3.63, 3.8) is 0 Å². The van der Waals surface area contributed by atoms with Crippen molar-refractivity contribution in [2.24, 2.45) is 0 Å². The highest BCUT2D eigenvalue weighted by Crippen LogP contribution is 2.25. The van der Waals surface area contributed by atoms with Gasteiger partial charge in [0.2, 0.25) is 0 Å². The molecule has 0 spiro atoms. The fourth-order valence-corrected chi connectivity index (χ4v) is 2.95. The van der Waals surface area contributed by atoms with Crippen LogP contribution in [0.25, 0.3) is 0 Å². The van der Waals surface area contributed by atoms with E-state index < -0.39 is 0 Å². The molecule has 1 amide bonds. The highest BCUT2D eigenvalue weighted by molar-refractivity contribution is 5.93. The van der Waals surface area contributed by atoms with Crippen LogP contribution in [0.2, 0.25) is 0 Å². The molecule has 1 N–H and O–H groups in total. The summed E-state index contributed by atoms with van der Waals surface area (Å²) < 4.78 is 5.67. The summed E-state index contributed by atoms with van der Waals surface area (Å²) in [6.45, 7) is 3.26. The molecule has 2 aromatic carbocycles. The van der Waals surface area contributed by atoms with E-state index in [1.54, 1.807) is 7.05 Å². The fraction of sp³-hybridized carbons (Fsp3) is 0.316. The van der Waals surface area contributed by atoms with Gasteiger partial charge in [-0.3, -0.25) is 9.69 Å². The SMILES string of the molecule is CNC(=O)c1ccc(CN2CCOC[C@H]2c2ccccc2)cc1. The summed E-state index contributed by atoms with van der Waals surface area (Å²) in [7, 11) is 1.65. The Morgan fingerprint density at radius 1 is 1.17 bits per heavy atom. The van der Waals surface area contributed by atoms with Crippen LogP contribution >= 0.6 is 0 Å². The largest absolute Gasteiger partial charge is 0.378 e. The summed E-state index contributed by atoms with van der Waals surface area (Å²) in [6, 6.07) is 18.6. The van der Waals surface area contributed by atoms with E-state index in [1.165, 1.54) is 11.1 Å². The zero-order valence-electron chi connectivity index (χ0n) is 13.4. The zero-order valence-corrected chi connectivity index (χ0v) is 13.4. The maximum Gasteiger partial charge on any atom is 0.251 e. The second-order valence-corrected chi connectivity index (χ2v) is 5.75. The van der Waals surface area contributed by atoms with Crippen LogP contribution in [0.3, 0.4) is 0 Å². The van der Waals surface area contributed by atoms with Crippen molar-refractivity contribution in [3.8, 4) is 0 Å². The Hall–Kier alpha value is -2.17. The highest BCUT2D eigenvalue weighted by atomic mass is 16.5. The molecule has 120 valence electrons. The summed E-state index contributed by atoms with van der Waals surface area (Å²) in [6.07, 6.45) is 0. The van der Waals surface area contributed by atoms with Crippen LogP contribution in [-0.4, -0.2) is 37.6 Å². The van der Waals surface area contributed by atoms with E-state index in [-0.39, 0.29) is 11.9 Å². The molecule has 0 saturated carbocycles. The molecule has 4 heteroatoms. The zero-order chi connectivity index (χ0) is 16.1. The number of carbonyl (C=O) groups is 1. The fourth-order valence-electron chi connectivity index (χ4n) is 2.95. The number of carbonyl (C=O) groups excluding carboxylic acids is 1. The molecule has 1 atom stereocenters. The molecule has 1 aliphatic rings. The van der Waals surface area contributed by atoms with Crippen LogP contribution in [0, 0.1) is 0 Å². The van der Waals surface area contributed by atoms with Gasteiger partial charge in [-0.25, -0.2) is 0 Å². The third-order valence-corrected chi connectivity index (χ3v) is 4.25. The lowest BCUT2D eigenvalue weighted by molar-refractivity contribution is -0.0127. The number of nitrogens with zero attached hydrogens (tertiary/aromatic N) is 1. The first-order chi connectivity index (χ1) is 11.3. The van der Waals surface area contributed by atoms with Crippen molar-refractivity contribution in [1.82, 2.24) is 10.2 Å². The molecule has 1 aliphatic heterocycles. The molecule has 23 heavy (non-hydrogen) atoms. The molecule has 0 aromatic heterocycles. The number of hydrogen-bond donors (Lipinski definition) is 1. The van der Waals surface area contributed by atoms with Crippen molar-refractivity contribution in [2.75, 3.05) is 26.8 Å². The summed E-state index contributed by atoms with van der Waals surface area (Å²) in [5.41, 5.74) is 3.19. The average molecular weight is 310 g/mol. The molecular formula is C19H22N2O2. The van der Waals surface area contributed by atoms with Gasteiger partial charge < -0.3 is 10.1 Å². The van der Waals surface area contributed by atoms with Crippen LogP contribution in [0.5, 0.6) is 0 Å². The first-order valence-corrected chi connectivity index (χ1v) is 7.95. The molecule has 1 fully saturated rings. The van der Waals surface area contributed by atoms with Gasteiger partial charge in [0, 0.05) is 25.7 Å². The standard InChI is InChI=1S/C19H22N2O2/c1-20-19(22)17-9-7-15(8-10-17)13-21-11-12-23-14-18(21)16-5-3-2-4-6-16/h2-10,18H,11-14H2,1H3,(H,20,22)/t18-/m0/s1. The number of nitrogens with one attached hydrogen (secondary N) is 1. The number of morpholine rings is 1. The van der Waals surface area contributed by atoms with E-state index in [0.717, 1.165) is 26.3 Å². The Bertz CT molecular complexity index is 640. The predicted octanol–water partition coefficient (Wildman–Crippen LogP) is 2.62. The molecule has 2 aromatic rings. The van der Waals surface area contributed by atoms with Gasteiger partial charge in [0.15, 0.2) is 0 Å². The van der Waals surface area contributed by atoms with Gasteiger partial charge in [-0.15, -0.1) is 0 Å². The first kappa shape index (κ1) is 15.7. The molecule has 0 bridgehead atoms. The predicted molar refractivity (Wildman–Crippen MR) is 90.2 cm³/mol. The number of rotatable bonds is 4. The van der Waals surface area contributed by atoms with E-state index in [4.69, 9.17) is 4.74 Å². The summed E-state index contributed by atoms with van der Waals surface area (Å²) >= 11 is 0. The number of ether oxygens (including phenoxy) is 1. The van der Waals surface area contributed by atoms with Crippen molar-refractivity contribution in [3.05, 3.63) is 71.3 Å². The van der Waals surface area contributed by atoms with E-state index in [2.05, 4.69) is 34.5 Å². The Balaban J connectivity index is 1.73. The van der Waals surface area contributed by atoms with Crippen molar-refractivity contribution in [1.29, 1.82) is 0 Å². The number of hydrogen-bond acceptors (Lipinski definition) is 3. The van der Waals surface area contributed by atoms with Crippen LogP contribution in [0.15, 0.2) is 54.6 Å². The van der Waals surface area contributed by atoms with Gasteiger partial charge in [0.05, 0.1) is 19.3 Å². The van der Waals surface area contributed by atoms with Gasteiger partial charge in [0.25, 0.3) is 5.91 Å². The second-order valence-electron chi connectivity index (χ2n) is 5.75. The molecular weight excluding hydrogens is 288 g/mol. The maximum atomic E-state index is 11.6. The first-order valence-electron chi connectivity index (χ1n) is 7.95. The third kappa shape index (κ3) is 3.78. The Morgan fingerprint density at radius 3 is 2.61 bits per heavy atom. The third-order valence-electron chi connectivity index (χ3n) is 4.25. The monoisotopic (exact) mass is 310 g/mol. The second kappa shape index (κ2) is 7.40. The van der Waals surface area contributed by atoms with Crippen LogP contribution in [0.4, 0.5) is 0 Å². The van der Waals surface area contributed by atoms with E-state index >= 15 is 0 Å².